The van der Waals surface area contributed by atoms with Gasteiger partial charge in [-0.25, -0.2) is 13.1 Å². The van der Waals surface area contributed by atoms with Crippen molar-refractivity contribution in [3.05, 3.63) is 77.4 Å². The van der Waals surface area contributed by atoms with E-state index in [1.807, 2.05) is 56.3 Å². The molecular formula is C32H43N5O4S. The molecule has 3 aliphatic rings. The van der Waals surface area contributed by atoms with Crippen molar-refractivity contribution in [3.63, 3.8) is 0 Å². The zero-order chi connectivity index (χ0) is 29.3. The topological polar surface area (TPSA) is 110 Å². The van der Waals surface area contributed by atoms with Crippen molar-refractivity contribution >= 4 is 10.0 Å². The van der Waals surface area contributed by atoms with Crippen LogP contribution in [0.4, 0.5) is 0 Å². The van der Waals surface area contributed by atoms with Crippen molar-refractivity contribution in [3.8, 4) is 0 Å². The Morgan fingerprint density at radius 2 is 1.69 bits per heavy atom. The van der Waals surface area contributed by atoms with E-state index in [0.717, 1.165) is 61.4 Å². The summed E-state index contributed by atoms with van der Waals surface area (Å²) in [7, 11) is -3.67. The molecule has 3 saturated heterocycles. The molecular weight excluding hydrogens is 550 g/mol. The summed E-state index contributed by atoms with van der Waals surface area (Å²) in [6.07, 6.45) is 5.80. The van der Waals surface area contributed by atoms with Gasteiger partial charge in [-0.1, -0.05) is 48.0 Å². The van der Waals surface area contributed by atoms with E-state index in [9.17, 15) is 13.5 Å². The summed E-state index contributed by atoms with van der Waals surface area (Å²) in [5.74, 6) is 2.40. The maximum absolute atomic E-state index is 13.4. The first-order chi connectivity index (χ1) is 20.3. The number of aliphatic hydroxyl groups excluding tert-OH is 1. The van der Waals surface area contributed by atoms with Crippen molar-refractivity contribution in [1.29, 1.82) is 0 Å². The molecule has 2 N–H and O–H groups in total. The van der Waals surface area contributed by atoms with Gasteiger partial charge in [-0.05, 0) is 76.0 Å². The third-order valence-electron chi connectivity index (χ3n) is 9.65. The van der Waals surface area contributed by atoms with Crippen LogP contribution >= 0.6 is 0 Å². The molecule has 3 aliphatic heterocycles. The SMILES string of the molecule is Cc1ccc(S(=O)(=O)N[C@@H](CCN2C3CCC2CC(n2c(C)nnc2C2COC[C@H]2CCO)C3)c2ccccc2)cc1. The van der Waals surface area contributed by atoms with Gasteiger partial charge < -0.3 is 14.4 Å². The minimum Gasteiger partial charge on any atom is -0.396 e. The number of hydrogen-bond acceptors (Lipinski definition) is 7. The smallest absolute Gasteiger partial charge is 0.241 e. The molecule has 42 heavy (non-hydrogen) atoms. The molecule has 10 heteroatoms. The molecule has 2 bridgehead atoms. The summed E-state index contributed by atoms with van der Waals surface area (Å²) in [6, 6.07) is 17.9. The van der Waals surface area contributed by atoms with Gasteiger partial charge in [-0.15, -0.1) is 10.2 Å². The van der Waals surface area contributed by atoms with Gasteiger partial charge in [0.25, 0.3) is 0 Å². The van der Waals surface area contributed by atoms with E-state index in [4.69, 9.17) is 4.74 Å². The van der Waals surface area contributed by atoms with Crippen molar-refractivity contribution < 1.29 is 18.3 Å². The summed E-state index contributed by atoms with van der Waals surface area (Å²) in [5, 5.41) is 18.7. The Hall–Kier alpha value is -2.63. The molecule has 3 aromatic rings. The third-order valence-corrected chi connectivity index (χ3v) is 11.1. The number of nitrogens with one attached hydrogen (secondary N) is 1. The van der Waals surface area contributed by atoms with Crippen molar-refractivity contribution in [2.45, 2.75) is 87.4 Å². The number of aromatic nitrogens is 3. The number of nitrogens with zero attached hydrogens (tertiary/aromatic N) is 4. The number of fused-ring (bicyclic) bond motifs is 2. The number of sulfonamides is 1. The summed E-state index contributed by atoms with van der Waals surface area (Å²) in [5.41, 5.74) is 2.01. The molecule has 3 fully saturated rings. The molecule has 0 spiro atoms. The quantitative estimate of drug-likeness (QED) is 0.342. The van der Waals surface area contributed by atoms with Crippen LogP contribution in [0, 0.1) is 19.8 Å². The van der Waals surface area contributed by atoms with E-state index >= 15 is 0 Å². The van der Waals surface area contributed by atoms with Crippen molar-refractivity contribution in [1.82, 2.24) is 24.4 Å². The second-order valence-electron chi connectivity index (χ2n) is 12.3. The molecule has 0 radical (unpaired) electrons. The van der Waals surface area contributed by atoms with Gasteiger partial charge >= 0.3 is 0 Å². The number of hydrogen-bond donors (Lipinski definition) is 2. The number of aliphatic hydroxyl groups is 1. The minimum absolute atomic E-state index is 0.158. The number of benzene rings is 2. The third kappa shape index (κ3) is 6.05. The fourth-order valence-electron chi connectivity index (χ4n) is 7.48. The molecule has 226 valence electrons. The van der Waals surface area contributed by atoms with Crippen molar-refractivity contribution in [2.24, 2.45) is 5.92 Å². The zero-order valence-electron chi connectivity index (χ0n) is 24.6. The lowest BCUT2D eigenvalue weighted by Crippen LogP contribution is -2.45. The Bertz CT molecular complexity index is 1430. The Balaban J connectivity index is 1.16. The summed E-state index contributed by atoms with van der Waals surface area (Å²) in [6.45, 7) is 6.29. The highest BCUT2D eigenvalue weighted by atomic mass is 32.2. The Morgan fingerprint density at radius 1 is 0.976 bits per heavy atom. The maximum atomic E-state index is 13.4. The monoisotopic (exact) mass is 593 g/mol. The molecule has 1 aromatic heterocycles. The highest BCUT2D eigenvalue weighted by molar-refractivity contribution is 7.89. The van der Waals surface area contributed by atoms with Crippen LogP contribution in [0.15, 0.2) is 59.5 Å². The van der Waals surface area contributed by atoms with Crippen LogP contribution in [-0.2, 0) is 14.8 Å². The predicted molar refractivity (Wildman–Crippen MR) is 161 cm³/mol. The van der Waals surface area contributed by atoms with Gasteiger partial charge in [0.2, 0.25) is 10.0 Å². The van der Waals surface area contributed by atoms with Gasteiger partial charge in [0.1, 0.15) is 11.6 Å². The van der Waals surface area contributed by atoms with Gasteiger partial charge in [0.15, 0.2) is 0 Å². The average Bonchev–Trinajstić information content (AvgIpc) is 3.66. The lowest BCUT2D eigenvalue weighted by Gasteiger charge is -2.41. The number of rotatable bonds is 11. The Labute approximate surface area is 249 Å². The molecule has 9 nitrogen and oxygen atoms in total. The van der Waals surface area contributed by atoms with E-state index in [2.05, 4.69) is 24.4 Å². The molecule has 2 aromatic carbocycles. The number of piperidine rings is 1. The molecule has 0 amide bonds. The van der Waals surface area contributed by atoms with E-state index in [0.29, 0.717) is 42.7 Å². The standard InChI is InChI=1S/C32H43N5O4S/c1-22-8-12-29(13-9-22)42(39,40)35-31(24-6-4-3-5-7-24)14-16-36-26-10-11-27(36)19-28(18-26)37-23(2)33-34-32(37)30-21-41-20-25(30)15-17-38/h3-9,12-13,25-28,30-31,35,38H,10-11,14-21H2,1-2H3/t25-,26?,27?,28?,30?,31+/m1/s1. The fraction of sp³-hybridized carbons (Fsp3) is 0.562. The van der Waals surface area contributed by atoms with E-state index in [-0.39, 0.29) is 24.5 Å². The van der Waals surface area contributed by atoms with Crippen LogP contribution in [0.5, 0.6) is 0 Å². The van der Waals surface area contributed by atoms with Gasteiger partial charge in [0, 0.05) is 43.2 Å². The lowest BCUT2D eigenvalue weighted by atomic mass is 9.91. The van der Waals surface area contributed by atoms with Gasteiger partial charge in [-0.3, -0.25) is 4.90 Å². The van der Waals surface area contributed by atoms with Gasteiger partial charge in [0.05, 0.1) is 18.1 Å². The predicted octanol–water partition coefficient (Wildman–Crippen LogP) is 4.29. The maximum Gasteiger partial charge on any atom is 0.241 e. The molecule has 0 aliphatic carbocycles. The van der Waals surface area contributed by atoms with Crippen LogP contribution in [0.2, 0.25) is 0 Å². The summed E-state index contributed by atoms with van der Waals surface area (Å²) in [4.78, 5) is 2.92. The average molecular weight is 594 g/mol. The first kappa shape index (κ1) is 29.4. The van der Waals surface area contributed by atoms with E-state index in [1.165, 1.54) is 0 Å². The fourth-order valence-corrected chi connectivity index (χ4v) is 8.73. The summed E-state index contributed by atoms with van der Waals surface area (Å²) < 4.78 is 37.9. The van der Waals surface area contributed by atoms with Crippen molar-refractivity contribution in [2.75, 3.05) is 26.4 Å². The van der Waals surface area contributed by atoms with Crippen LogP contribution in [-0.4, -0.2) is 71.6 Å². The molecule has 0 saturated carbocycles. The molecule has 3 unspecified atom stereocenters. The number of aryl methyl sites for hydroxylation is 2. The van der Waals surface area contributed by atoms with Crippen LogP contribution < -0.4 is 4.72 Å². The second kappa shape index (κ2) is 12.5. The van der Waals surface area contributed by atoms with Gasteiger partial charge in [-0.2, -0.15) is 0 Å². The van der Waals surface area contributed by atoms with Crippen LogP contribution in [0.1, 0.15) is 79.3 Å². The molecule has 5 atom stereocenters. The van der Waals surface area contributed by atoms with Crippen LogP contribution in [0.25, 0.3) is 0 Å². The lowest BCUT2D eigenvalue weighted by molar-refractivity contribution is 0.100. The van der Waals surface area contributed by atoms with E-state index < -0.39 is 10.0 Å². The largest absolute Gasteiger partial charge is 0.396 e. The Morgan fingerprint density at radius 3 is 2.38 bits per heavy atom. The number of ether oxygens (including phenoxy) is 1. The van der Waals surface area contributed by atoms with Crippen LogP contribution in [0.3, 0.4) is 0 Å². The second-order valence-corrected chi connectivity index (χ2v) is 14.0. The normalized spacial score (nSPS) is 27.0. The Kier molecular flexibility index (Phi) is 8.79. The molecule has 4 heterocycles. The highest BCUT2D eigenvalue weighted by Gasteiger charge is 2.43. The zero-order valence-corrected chi connectivity index (χ0v) is 25.4. The minimum atomic E-state index is -3.67. The first-order valence-electron chi connectivity index (χ1n) is 15.3. The highest BCUT2D eigenvalue weighted by Crippen LogP contribution is 2.43. The summed E-state index contributed by atoms with van der Waals surface area (Å²) >= 11 is 0. The first-order valence-corrected chi connectivity index (χ1v) is 16.8. The molecule has 6 rings (SSSR count). The van der Waals surface area contributed by atoms with E-state index in [1.54, 1.807) is 12.1 Å².